The quantitative estimate of drug-likeness (QED) is 0.772. The molecule has 96 valence electrons. The van der Waals surface area contributed by atoms with Crippen molar-refractivity contribution in [2.24, 2.45) is 7.05 Å². The summed E-state index contributed by atoms with van der Waals surface area (Å²) < 4.78 is 26.6. The zero-order chi connectivity index (χ0) is 13.1. The molecule has 1 aromatic rings. The van der Waals surface area contributed by atoms with E-state index in [2.05, 4.69) is 5.10 Å². The second-order valence-electron chi connectivity index (χ2n) is 3.43. The Kier molecular flexibility index (Phi) is 4.24. The Morgan fingerprint density at radius 1 is 1.59 bits per heavy atom. The number of rotatable bonds is 6. The van der Waals surface area contributed by atoms with Crippen LogP contribution in [0.2, 0.25) is 0 Å². The van der Waals surface area contributed by atoms with Gasteiger partial charge in [-0.05, 0) is 6.07 Å². The Morgan fingerprint density at radius 2 is 2.24 bits per heavy atom. The van der Waals surface area contributed by atoms with Gasteiger partial charge in [-0.15, -0.1) is 0 Å². The van der Waals surface area contributed by atoms with E-state index in [0.717, 1.165) is 4.31 Å². The number of hydrogen-bond donors (Lipinski definition) is 1. The lowest BCUT2D eigenvalue weighted by Crippen LogP contribution is -2.34. The van der Waals surface area contributed by atoms with E-state index < -0.39 is 16.0 Å². The van der Waals surface area contributed by atoms with Gasteiger partial charge in [-0.2, -0.15) is 9.40 Å². The van der Waals surface area contributed by atoms with Crippen LogP contribution in [-0.4, -0.2) is 46.7 Å². The number of nitrogens with zero attached hydrogens (tertiary/aromatic N) is 3. The van der Waals surface area contributed by atoms with E-state index in [4.69, 9.17) is 5.11 Å². The van der Waals surface area contributed by atoms with Gasteiger partial charge in [-0.25, -0.2) is 8.42 Å². The Balaban J connectivity index is 2.95. The van der Waals surface area contributed by atoms with Crippen molar-refractivity contribution in [1.29, 1.82) is 0 Å². The molecule has 0 spiro atoms. The first-order valence-corrected chi connectivity index (χ1v) is 6.53. The second kappa shape index (κ2) is 5.28. The highest BCUT2D eigenvalue weighted by atomic mass is 32.2. The molecule has 0 aliphatic heterocycles. The number of aliphatic carboxylic acids is 1. The monoisotopic (exact) mass is 261 g/mol. The number of aryl methyl sites for hydroxylation is 1. The van der Waals surface area contributed by atoms with Crippen LogP contribution in [0.5, 0.6) is 0 Å². The minimum Gasteiger partial charge on any atom is -0.481 e. The minimum absolute atomic E-state index is 0.0423. The largest absolute Gasteiger partial charge is 0.481 e. The SMILES string of the molecule is CCN(CCC(=O)O)S(=O)(=O)c1ccnn1C. The molecule has 0 atom stereocenters. The summed E-state index contributed by atoms with van der Waals surface area (Å²) in [7, 11) is -2.14. The Labute approximate surface area is 99.7 Å². The normalized spacial score (nSPS) is 11.9. The molecule has 1 aromatic heterocycles. The second-order valence-corrected chi connectivity index (χ2v) is 5.32. The predicted octanol–water partition coefficient (Wildman–Crippen LogP) is -0.0946. The van der Waals surface area contributed by atoms with Crippen molar-refractivity contribution in [1.82, 2.24) is 14.1 Å². The molecular formula is C9H15N3O4S. The molecule has 0 amide bonds. The zero-order valence-corrected chi connectivity index (χ0v) is 10.5. The zero-order valence-electron chi connectivity index (χ0n) is 9.70. The number of carboxylic acid groups (broad SMARTS) is 1. The number of aromatic nitrogens is 2. The first kappa shape index (κ1) is 13.7. The molecule has 0 aromatic carbocycles. The van der Waals surface area contributed by atoms with Crippen LogP contribution in [0.3, 0.4) is 0 Å². The highest BCUT2D eigenvalue weighted by Crippen LogP contribution is 2.14. The van der Waals surface area contributed by atoms with E-state index in [0.29, 0.717) is 0 Å². The third-order valence-corrected chi connectivity index (χ3v) is 4.36. The summed E-state index contributed by atoms with van der Waals surface area (Å²) in [5.74, 6) is -1.02. The molecule has 0 radical (unpaired) electrons. The average Bonchev–Trinajstić information content (AvgIpc) is 2.65. The molecule has 0 aliphatic carbocycles. The molecule has 0 saturated heterocycles. The van der Waals surface area contributed by atoms with Gasteiger partial charge in [0.2, 0.25) is 0 Å². The Hall–Kier alpha value is -1.41. The molecule has 0 bridgehead atoms. The van der Waals surface area contributed by atoms with Crippen molar-refractivity contribution in [3.05, 3.63) is 12.3 Å². The van der Waals surface area contributed by atoms with Gasteiger partial charge in [-0.1, -0.05) is 6.92 Å². The molecule has 0 unspecified atom stereocenters. The molecule has 1 heterocycles. The van der Waals surface area contributed by atoms with E-state index in [-0.39, 0.29) is 24.5 Å². The van der Waals surface area contributed by atoms with Crippen LogP contribution in [0.15, 0.2) is 17.3 Å². The summed E-state index contributed by atoms with van der Waals surface area (Å²) in [4.78, 5) is 10.5. The predicted molar refractivity (Wildman–Crippen MR) is 59.9 cm³/mol. The van der Waals surface area contributed by atoms with Crippen LogP contribution in [-0.2, 0) is 21.9 Å². The molecule has 7 nitrogen and oxygen atoms in total. The van der Waals surface area contributed by atoms with Crippen LogP contribution in [0.1, 0.15) is 13.3 Å². The van der Waals surface area contributed by atoms with Gasteiger partial charge in [0.15, 0.2) is 5.03 Å². The first-order chi connectivity index (χ1) is 7.89. The maximum atomic E-state index is 12.1. The van der Waals surface area contributed by atoms with E-state index in [1.54, 1.807) is 6.92 Å². The van der Waals surface area contributed by atoms with Gasteiger partial charge in [0.1, 0.15) is 0 Å². The van der Waals surface area contributed by atoms with Crippen molar-refractivity contribution >= 4 is 16.0 Å². The molecule has 0 fully saturated rings. The summed E-state index contributed by atoms with van der Waals surface area (Å²) in [6.07, 6.45) is 1.17. The molecule has 0 aliphatic rings. The van der Waals surface area contributed by atoms with E-state index in [9.17, 15) is 13.2 Å². The average molecular weight is 261 g/mol. The number of sulfonamides is 1. The lowest BCUT2D eigenvalue weighted by Gasteiger charge is -2.19. The number of hydrogen-bond acceptors (Lipinski definition) is 4. The third kappa shape index (κ3) is 3.04. The summed E-state index contributed by atoms with van der Waals surface area (Å²) in [6.45, 7) is 1.84. The van der Waals surface area contributed by atoms with Crippen LogP contribution in [0.4, 0.5) is 0 Å². The maximum Gasteiger partial charge on any atom is 0.304 e. The van der Waals surface area contributed by atoms with Gasteiger partial charge >= 0.3 is 5.97 Å². The lowest BCUT2D eigenvalue weighted by atomic mass is 10.4. The van der Waals surface area contributed by atoms with Crippen molar-refractivity contribution < 1.29 is 18.3 Å². The lowest BCUT2D eigenvalue weighted by molar-refractivity contribution is -0.137. The van der Waals surface area contributed by atoms with Crippen LogP contribution in [0.25, 0.3) is 0 Å². The maximum absolute atomic E-state index is 12.1. The highest BCUT2D eigenvalue weighted by molar-refractivity contribution is 7.89. The van der Waals surface area contributed by atoms with Gasteiger partial charge in [-0.3, -0.25) is 9.48 Å². The topological polar surface area (TPSA) is 92.5 Å². The van der Waals surface area contributed by atoms with Crippen molar-refractivity contribution in [3.63, 3.8) is 0 Å². The molecular weight excluding hydrogens is 246 g/mol. The summed E-state index contributed by atoms with van der Waals surface area (Å²) in [5, 5.41) is 12.4. The highest BCUT2D eigenvalue weighted by Gasteiger charge is 2.26. The van der Waals surface area contributed by atoms with Crippen LogP contribution in [0, 0.1) is 0 Å². The smallest absolute Gasteiger partial charge is 0.304 e. The fourth-order valence-corrected chi connectivity index (χ4v) is 2.97. The molecule has 0 saturated carbocycles. The van der Waals surface area contributed by atoms with E-state index >= 15 is 0 Å². The van der Waals surface area contributed by atoms with Gasteiger partial charge < -0.3 is 5.11 Å². The molecule has 1 rings (SSSR count). The first-order valence-electron chi connectivity index (χ1n) is 5.09. The molecule has 1 N–H and O–H groups in total. The number of carbonyl (C=O) groups is 1. The molecule has 8 heteroatoms. The van der Waals surface area contributed by atoms with Crippen LogP contribution < -0.4 is 0 Å². The fraction of sp³-hybridized carbons (Fsp3) is 0.556. The van der Waals surface area contributed by atoms with Crippen molar-refractivity contribution in [2.75, 3.05) is 13.1 Å². The Bertz CT molecular complexity index is 494. The van der Waals surface area contributed by atoms with E-state index in [1.165, 1.54) is 24.0 Å². The minimum atomic E-state index is -3.66. The molecule has 17 heavy (non-hydrogen) atoms. The number of carboxylic acids is 1. The third-order valence-electron chi connectivity index (χ3n) is 2.31. The van der Waals surface area contributed by atoms with Gasteiger partial charge in [0.25, 0.3) is 10.0 Å². The van der Waals surface area contributed by atoms with Gasteiger partial charge in [0, 0.05) is 20.1 Å². The van der Waals surface area contributed by atoms with E-state index in [1.807, 2.05) is 0 Å². The summed E-state index contributed by atoms with van der Waals surface area (Å²) >= 11 is 0. The van der Waals surface area contributed by atoms with Crippen molar-refractivity contribution in [2.45, 2.75) is 18.4 Å². The summed E-state index contributed by atoms with van der Waals surface area (Å²) in [6, 6.07) is 1.39. The van der Waals surface area contributed by atoms with Crippen molar-refractivity contribution in [3.8, 4) is 0 Å². The van der Waals surface area contributed by atoms with Crippen LogP contribution >= 0.6 is 0 Å². The van der Waals surface area contributed by atoms with Gasteiger partial charge in [0.05, 0.1) is 12.6 Å². The fourth-order valence-electron chi connectivity index (χ4n) is 1.42. The Morgan fingerprint density at radius 3 is 2.65 bits per heavy atom. The summed E-state index contributed by atoms with van der Waals surface area (Å²) in [5.41, 5.74) is 0. The standard InChI is InChI=1S/C9H15N3O4S/c1-3-12(7-5-9(13)14)17(15,16)8-4-6-10-11(8)2/h4,6H,3,5,7H2,1-2H3,(H,13,14).